The van der Waals surface area contributed by atoms with Gasteiger partial charge in [-0.25, -0.2) is 4.79 Å². The molecule has 0 saturated heterocycles. The zero-order valence-corrected chi connectivity index (χ0v) is 18.7. The lowest BCUT2D eigenvalue weighted by Gasteiger charge is -2.20. The molecule has 0 fully saturated rings. The summed E-state index contributed by atoms with van der Waals surface area (Å²) in [5.41, 5.74) is 9.61. The van der Waals surface area contributed by atoms with Crippen LogP contribution in [0.15, 0.2) is 60.9 Å². The van der Waals surface area contributed by atoms with E-state index >= 15 is 0 Å². The molecule has 0 unspecified atom stereocenters. The number of aliphatic carboxylic acids is 1. The molecular formula is C25H27N5O4. The number of H-pyrrole nitrogens is 2. The predicted octanol–water partition coefficient (Wildman–Crippen LogP) is 1.84. The van der Waals surface area contributed by atoms with Crippen molar-refractivity contribution >= 4 is 39.6 Å². The van der Waals surface area contributed by atoms with E-state index < -0.39 is 35.9 Å². The number of carboxylic acid groups (broad SMARTS) is 1. The molecule has 9 nitrogen and oxygen atoms in total. The van der Waals surface area contributed by atoms with Crippen LogP contribution in [-0.2, 0) is 27.2 Å². The molecule has 0 aliphatic rings. The van der Waals surface area contributed by atoms with Gasteiger partial charge in [-0.15, -0.1) is 0 Å². The molecule has 2 heterocycles. The second-order valence-electron chi connectivity index (χ2n) is 8.36. The van der Waals surface area contributed by atoms with E-state index in [4.69, 9.17) is 5.73 Å². The molecule has 0 aliphatic heterocycles. The van der Waals surface area contributed by atoms with E-state index in [1.807, 2.05) is 54.7 Å². The van der Waals surface area contributed by atoms with Crippen LogP contribution in [0.3, 0.4) is 0 Å². The summed E-state index contributed by atoms with van der Waals surface area (Å²) in [5, 5.41) is 16.6. The van der Waals surface area contributed by atoms with Crippen LogP contribution >= 0.6 is 0 Å². The summed E-state index contributed by atoms with van der Waals surface area (Å²) in [7, 11) is 0. The first-order valence-electron chi connectivity index (χ1n) is 11.0. The van der Waals surface area contributed by atoms with E-state index in [-0.39, 0.29) is 6.42 Å². The number of nitrogens with two attached hydrogens (primary N) is 1. The molecule has 2 aromatic heterocycles. The van der Waals surface area contributed by atoms with Crippen LogP contribution in [0.2, 0.25) is 0 Å². The lowest BCUT2D eigenvalue weighted by atomic mass is 10.0. The minimum absolute atomic E-state index is 0.103. The summed E-state index contributed by atoms with van der Waals surface area (Å²) < 4.78 is 0. The van der Waals surface area contributed by atoms with Crippen molar-refractivity contribution in [1.82, 2.24) is 20.6 Å². The zero-order valence-electron chi connectivity index (χ0n) is 18.7. The van der Waals surface area contributed by atoms with E-state index in [2.05, 4.69) is 20.6 Å². The smallest absolute Gasteiger partial charge is 0.326 e. The molecular weight excluding hydrogens is 434 g/mol. The minimum atomic E-state index is -1.16. The highest BCUT2D eigenvalue weighted by Gasteiger charge is 2.26. The van der Waals surface area contributed by atoms with E-state index in [9.17, 15) is 19.5 Å². The number of benzene rings is 2. The number of amides is 2. The van der Waals surface area contributed by atoms with E-state index in [0.29, 0.717) is 6.42 Å². The van der Waals surface area contributed by atoms with Gasteiger partial charge in [-0.3, -0.25) is 9.59 Å². The second-order valence-corrected chi connectivity index (χ2v) is 8.36. The predicted molar refractivity (Wildman–Crippen MR) is 129 cm³/mol. The van der Waals surface area contributed by atoms with Crippen molar-refractivity contribution in [2.75, 3.05) is 0 Å². The van der Waals surface area contributed by atoms with Crippen molar-refractivity contribution in [1.29, 1.82) is 0 Å². The van der Waals surface area contributed by atoms with Crippen LogP contribution in [0, 0.1) is 0 Å². The lowest BCUT2D eigenvalue weighted by molar-refractivity contribution is -0.142. The van der Waals surface area contributed by atoms with Gasteiger partial charge in [0, 0.05) is 40.6 Å². The fourth-order valence-corrected chi connectivity index (χ4v) is 4.03. The standard InChI is InChI=1S/C25H27N5O4/c1-14(29-24(32)19(26)10-15-12-27-20-8-4-2-6-17(15)20)23(31)30-22(25(33)34)11-16-13-28-21-9-5-3-7-18(16)21/h2-9,12-14,19,22,27-28H,10-11,26H2,1H3,(H,29,32)(H,30,31)(H,33,34)/t14-,19+,22-/m0/s1. The maximum atomic E-state index is 12.7. The van der Waals surface area contributed by atoms with Crippen molar-refractivity contribution in [3.05, 3.63) is 72.1 Å². The molecule has 7 N–H and O–H groups in total. The van der Waals surface area contributed by atoms with Gasteiger partial charge >= 0.3 is 5.97 Å². The first-order chi connectivity index (χ1) is 16.3. The van der Waals surface area contributed by atoms with Gasteiger partial charge in [0.25, 0.3) is 0 Å². The Labute approximate surface area is 195 Å². The lowest BCUT2D eigenvalue weighted by Crippen LogP contribution is -2.54. The maximum Gasteiger partial charge on any atom is 0.326 e. The van der Waals surface area contributed by atoms with Gasteiger partial charge in [0.1, 0.15) is 12.1 Å². The maximum absolute atomic E-state index is 12.7. The molecule has 0 radical (unpaired) electrons. The van der Waals surface area contributed by atoms with Crippen molar-refractivity contribution in [2.24, 2.45) is 5.73 Å². The third-order valence-electron chi connectivity index (χ3n) is 5.92. The van der Waals surface area contributed by atoms with Gasteiger partial charge in [0.15, 0.2) is 0 Å². The number of carbonyl (C=O) groups excluding carboxylic acids is 2. The van der Waals surface area contributed by atoms with Gasteiger partial charge in [-0.1, -0.05) is 36.4 Å². The van der Waals surface area contributed by atoms with Gasteiger partial charge in [0.05, 0.1) is 6.04 Å². The highest BCUT2D eigenvalue weighted by molar-refractivity contribution is 5.92. The third-order valence-corrected chi connectivity index (χ3v) is 5.92. The van der Waals surface area contributed by atoms with Crippen LogP contribution < -0.4 is 16.4 Å². The number of para-hydroxylation sites is 2. The fourth-order valence-electron chi connectivity index (χ4n) is 4.03. The molecule has 4 aromatic rings. The van der Waals surface area contributed by atoms with Crippen LogP contribution in [-0.4, -0.2) is 51.0 Å². The summed E-state index contributed by atoms with van der Waals surface area (Å²) in [6.07, 6.45) is 3.95. The molecule has 9 heteroatoms. The topological polar surface area (TPSA) is 153 Å². The van der Waals surface area contributed by atoms with E-state index in [1.54, 1.807) is 6.20 Å². The summed E-state index contributed by atoms with van der Waals surface area (Å²) in [6, 6.07) is 12.3. The van der Waals surface area contributed by atoms with Crippen molar-refractivity contribution in [2.45, 2.75) is 37.9 Å². The summed E-state index contributed by atoms with van der Waals surface area (Å²) in [4.78, 5) is 43.3. The highest BCUT2D eigenvalue weighted by Crippen LogP contribution is 2.20. The quantitative estimate of drug-likeness (QED) is 0.225. The SMILES string of the molecule is C[C@H](NC(=O)[C@H](N)Cc1c[nH]c2ccccc12)C(=O)N[C@@H](Cc1c[nH]c2ccccc12)C(=O)O. The molecule has 0 aliphatic carbocycles. The van der Waals surface area contributed by atoms with Gasteiger partial charge in [-0.05, 0) is 36.6 Å². The fraction of sp³-hybridized carbons (Fsp3) is 0.240. The largest absolute Gasteiger partial charge is 0.480 e. The molecule has 2 aromatic carbocycles. The molecule has 0 bridgehead atoms. The number of rotatable bonds is 9. The van der Waals surface area contributed by atoms with E-state index in [0.717, 1.165) is 32.9 Å². The van der Waals surface area contributed by atoms with Crippen LogP contribution in [0.5, 0.6) is 0 Å². The number of aromatic nitrogens is 2. The zero-order chi connectivity index (χ0) is 24.2. The number of carboxylic acids is 1. The Kier molecular flexibility index (Phi) is 6.65. The van der Waals surface area contributed by atoms with Crippen molar-refractivity contribution in [3.8, 4) is 0 Å². The van der Waals surface area contributed by atoms with Crippen LogP contribution in [0.4, 0.5) is 0 Å². The van der Waals surface area contributed by atoms with Gasteiger partial charge in [-0.2, -0.15) is 0 Å². The number of nitrogens with one attached hydrogen (secondary N) is 4. The number of fused-ring (bicyclic) bond motifs is 2. The first-order valence-corrected chi connectivity index (χ1v) is 11.0. The molecule has 176 valence electrons. The molecule has 3 atom stereocenters. The Hall–Kier alpha value is -4.11. The summed E-state index contributed by atoms with van der Waals surface area (Å²) in [5.74, 6) is -2.25. The Morgan fingerprint density at radius 2 is 1.38 bits per heavy atom. The average Bonchev–Trinajstić information content (AvgIpc) is 3.42. The third kappa shape index (κ3) is 4.94. The van der Waals surface area contributed by atoms with Crippen LogP contribution in [0.25, 0.3) is 21.8 Å². The number of aromatic amines is 2. The Morgan fingerprint density at radius 1 is 0.853 bits per heavy atom. The average molecular weight is 462 g/mol. The summed E-state index contributed by atoms with van der Waals surface area (Å²) >= 11 is 0. The van der Waals surface area contributed by atoms with Crippen LogP contribution in [0.1, 0.15) is 18.1 Å². The number of carbonyl (C=O) groups is 3. The second kappa shape index (κ2) is 9.80. The Balaban J connectivity index is 1.35. The molecule has 34 heavy (non-hydrogen) atoms. The molecule has 0 spiro atoms. The van der Waals surface area contributed by atoms with E-state index in [1.165, 1.54) is 6.92 Å². The minimum Gasteiger partial charge on any atom is -0.480 e. The van der Waals surface area contributed by atoms with Gasteiger partial charge < -0.3 is 31.4 Å². The van der Waals surface area contributed by atoms with Gasteiger partial charge in [0.2, 0.25) is 11.8 Å². The molecule has 2 amide bonds. The normalized spacial score (nSPS) is 13.9. The number of hydrogen-bond acceptors (Lipinski definition) is 4. The molecule has 0 saturated carbocycles. The van der Waals surface area contributed by atoms with Crippen molar-refractivity contribution in [3.63, 3.8) is 0 Å². The Bertz CT molecular complexity index is 1340. The number of hydrogen-bond donors (Lipinski definition) is 6. The highest BCUT2D eigenvalue weighted by atomic mass is 16.4. The molecule has 4 rings (SSSR count). The monoisotopic (exact) mass is 461 g/mol. The first kappa shape index (κ1) is 23.1. The Morgan fingerprint density at radius 3 is 1.94 bits per heavy atom. The summed E-state index contributed by atoms with van der Waals surface area (Å²) in [6.45, 7) is 1.50. The van der Waals surface area contributed by atoms with Crippen molar-refractivity contribution < 1.29 is 19.5 Å².